The molecule has 0 spiro atoms. The molecule has 5 unspecified atom stereocenters. The third-order valence-electron chi connectivity index (χ3n) is 3.80. The van der Waals surface area contributed by atoms with Crippen molar-refractivity contribution in [2.75, 3.05) is 19.5 Å². The molecule has 2 rings (SSSR count). The van der Waals surface area contributed by atoms with E-state index in [0.717, 1.165) is 6.26 Å². The molecule has 146 valence electrons. The molecule has 1 aliphatic rings. The topological polar surface area (TPSA) is 131 Å². The predicted octanol–water partition coefficient (Wildman–Crippen LogP) is -0.756. The summed E-state index contributed by atoms with van der Waals surface area (Å²) in [5.74, 6) is -0.513. The second-order valence-corrected chi connectivity index (χ2v) is 7.40. The van der Waals surface area contributed by atoms with Gasteiger partial charge >= 0.3 is 0 Å². The molecule has 1 saturated heterocycles. The number of carbonyl (C=O) groups is 1. The standard InChI is InChI=1S/C16H23NO8S/c1-3-23-16-12(17-15(20)10-7-5-4-6-8-10)14(25-26(2,21)22)13(19)11(9-18)24-16/h4-8,11-14,16,18-19H,3,9H2,1-2H3,(H,17,20). The van der Waals surface area contributed by atoms with Gasteiger partial charge in [0, 0.05) is 12.2 Å². The van der Waals surface area contributed by atoms with Gasteiger partial charge in [0.05, 0.1) is 12.9 Å². The van der Waals surface area contributed by atoms with Gasteiger partial charge in [0.25, 0.3) is 16.0 Å². The molecule has 10 heteroatoms. The van der Waals surface area contributed by atoms with E-state index < -0.39 is 53.3 Å². The maximum absolute atomic E-state index is 12.5. The van der Waals surface area contributed by atoms with Gasteiger partial charge in [0.15, 0.2) is 6.29 Å². The molecular formula is C16H23NO8S. The first-order valence-corrected chi connectivity index (χ1v) is 9.88. The fourth-order valence-corrected chi connectivity index (χ4v) is 3.30. The van der Waals surface area contributed by atoms with Crippen molar-refractivity contribution >= 4 is 16.0 Å². The highest BCUT2D eigenvalue weighted by Gasteiger charge is 2.48. The Balaban J connectivity index is 2.31. The summed E-state index contributed by atoms with van der Waals surface area (Å²) in [5.41, 5.74) is 0.333. The van der Waals surface area contributed by atoms with Crippen LogP contribution >= 0.6 is 0 Å². The molecule has 3 N–H and O–H groups in total. The number of aliphatic hydroxyl groups excluding tert-OH is 2. The normalized spacial score (nSPS) is 29.3. The van der Waals surface area contributed by atoms with Crippen LogP contribution in [0.4, 0.5) is 0 Å². The summed E-state index contributed by atoms with van der Waals surface area (Å²) in [6.07, 6.45) is -4.29. The Bertz CT molecular complexity index is 695. The van der Waals surface area contributed by atoms with Crippen LogP contribution in [0.2, 0.25) is 0 Å². The number of rotatable bonds is 7. The Labute approximate surface area is 152 Å². The molecule has 0 bridgehead atoms. The third kappa shape index (κ3) is 5.22. The summed E-state index contributed by atoms with van der Waals surface area (Å²) >= 11 is 0. The van der Waals surface area contributed by atoms with E-state index in [4.69, 9.17) is 13.7 Å². The molecule has 9 nitrogen and oxygen atoms in total. The predicted molar refractivity (Wildman–Crippen MR) is 90.8 cm³/mol. The van der Waals surface area contributed by atoms with Gasteiger partial charge in [-0.3, -0.25) is 8.98 Å². The van der Waals surface area contributed by atoms with Crippen molar-refractivity contribution < 1.29 is 37.1 Å². The molecule has 1 heterocycles. The van der Waals surface area contributed by atoms with Crippen LogP contribution in [-0.4, -0.2) is 74.7 Å². The van der Waals surface area contributed by atoms with Crippen molar-refractivity contribution in [2.45, 2.75) is 37.6 Å². The van der Waals surface area contributed by atoms with Crippen molar-refractivity contribution in [1.82, 2.24) is 5.32 Å². The van der Waals surface area contributed by atoms with Gasteiger partial charge in [0.1, 0.15) is 24.4 Å². The fourth-order valence-electron chi connectivity index (χ4n) is 2.67. The summed E-state index contributed by atoms with van der Waals surface area (Å²) < 4.78 is 39.1. The summed E-state index contributed by atoms with van der Waals surface area (Å²) in [7, 11) is -3.96. The Morgan fingerprint density at radius 1 is 1.31 bits per heavy atom. The average molecular weight is 389 g/mol. The quantitative estimate of drug-likeness (QED) is 0.519. The van der Waals surface area contributed by atoms with Gasteiger partial charge in [-0.15, -0.1) is 0 Å². The SMILES string of the molecule is CCOC1OC(CO)C(O)C(OS(C)(=O)=O)C1NC(=O)c1ccccc1. The van der Waals surface area contributed by atoms with Crippen LogP contribution in [-0.2, 0) is 23.8 Å². The molecule has 1 fully saturated rings. The van der Waals surface area contributed by atoms with E-state index in [2.05, 4.69) is 5.32 Å². The maximum atomic E-state index is 12.5. The second kappa shape index (κ2) is 8.89. The van der Waals surface area contributed by atoms with Gasteiger partial charge in [-0.2, -0.15) is 8.42 Å². The van der Waals surface area contributed by atoms with E-state index in [9.17, 15) is 23.4 Å². The van der Waals surface area contributed by atoms with Gasteiger partial charge in [0.2, 0.25) is 0 Å². The van der Waals surface area contributed by atoms with Gasteiger partial charge in [-0.1, -0.05) is 18.2 Å². The summed E-state index contributed by atoms with van der Waals surface area (Å²) in [5, 5.41) is 22.3. The zero-order valence-electron chi connectivity index (χ0n) is 14.4. The number of nitrogens with one attached hydrogen (secondary N) is 1. The minimum atomic E-state index is -3.96. The number of hydrogen-bond donors (Lipinski definition) is 3. The molecule has 26 heavy (non-hydrogen) atoms. The monoisotopic (exact) mass is 389 g/mol. The molecule has 1 amide bonds. The van der Waals surface area contributed by atoms with E-state index in [-0.39, 0.29) is 6.61 Å². The van der Waals surface area contributed by atoms with Crippen molar-refractivity contribution in [2.24, 2.45) is 0 Å². The van der Waals surface area contributed by atoms with Gasteiger partial charge in [-0.25, -0.2) is 0 Å². The molecule has 0 aliphatic carbocycles. The van der Waals surface area contributed by atoms with Crippen LogP contribution in [0, 0.1) is 0 Å². The van der Waals surface area contributed by atoms with Crippen molar-refractivity contribution in [3.05, 3.63) is 35.9 Å². The van der Waals surface area contributed by atoms with E-state index in [1.165, 1.54) is 0 Å². The molecule has 1 aromatic rings. The van der Waals surface area contributed by atoms with Crippen LogP contribution in [0.5, 0.6) is 0 Å². The highest BCUT2D eigenvalue weighted by Crippen LogP contribution is 2.26. The van der Waals surface area contributed by atoms with Crippen LogP contribution in [0.15, 0.2) is 30.3 Å². The lowest BCUT2D eigenvalue weighted by Gasteiger charge is -2.43. The zero-order valence-corrected chi connectivity index (χ0v) is 15.3. The van der Waals surface area contributed by atoms with Crippen LogP contribution in [0.1, 0.15) is 17.3 Å². The molecule has 5 atom stereocenters. The Kier molecular flexibility index (Phi) is 7.09. The molecule has 0 saturated carbocycles. The average Bonchev–Trinajstić information content (AvgIpc) is 2.60. The number of hydrogen-bond acceptors (Lipinski definition) is 8. The first-order chi connectivity index (χ1) is 12.3. The van der Waals surface area contributed by atoms with Crippen molar-refractivity contribution in [3.63, 3.8) is 0 Å². The molecule has 0 radical (unpaired) electrons. The number of ether oxygens (including phenoxy) is 2. The van der Waals surface area contributed by atoms with Gasteiger partial charge in [-0.05, 0) is 19.1 Å². The molecule has 1 aromatic carbocycles. The van der Waals surface area contributed by atoms with Crippen LogP contribution < -0.4 is 5.32 Å². The Morgan fingerprint density at radius 2 is 1.96 bits per heavy atom. The minimum Gasteiger partial charge on any atom is -0.394 e. The lowest BCUT2D eigenvalue weighted by molar-refractivity contribution is -0.263. The third-order valence-corrected chi connectivity index (χ3v) is 4.38. The fraction of sp³-hybridized carbons (Fsp3) is 0.562. The maximum Gasteiger partial charge on any atom is 0.264 e. The minimum absolute atomic E-state index is 0.197. The van der Waals surface area contributed by atoms with E-state index in [0.29, 0.717) is 5.56 Å². The molecule has 0 aromatic heterocycles. The first-order valence-electron chi connectivity index (χ1n) is 8.07. The summed E-state index contributed by atoms with van der Waals surface area (Å²) in [6.45, 7) is 1.31. The summed E-state index contributed by atoms with van der Waals surface area (Å²) in [6, 6.07) is 7.13. The Morgan fingerprint density at radius 3 is 2.50 bits per heavy atom. The first kappa shape index (κ1) is 20.7. The van der Waals surface area contributed by atoms with Crippen molar-refractivity contribution in [3.8, 4) is 0 Å². The van der Waals surface area contributed by atoms with E-state index >= 15 is 0 Å². The number of aliphatic hydroxyl groups is 2. The summed E-state index contributed by atoms with van der Waals surface area (Å²) in [4.78, 5) is 12.5. The lowest BCUT2D eigenvalue weighted by Crippen LogP contribution is -2.65. The molecular weight excluding hydrogens is 366 g/mol. The second-order valence-electron chi connectivity index (χ2n) is 5.80. The van der Waals surface area contributed by atoms with Gasteiger partial charge < -0.3 is 25.0 Å². The van der Waals surface area contributed by atoms with Crippen molar-refractivity contribution in [1.29, 1.82) is 0 Å². The van der Waals surface area contributed by atoms with E-state index in [1.807, 2.05) is 0 Å². The highest BCUT2D eigenvalue weighted by atomic mass is 32.2. The number of carbonyl (C=O) groups excluding carboxylic acids is 1. The largest absolute Gasteiger partial charge is 0.394 e. The smallest absolute Gasteiger partial charge is 0.264 e. The molecule has 1 aliphatic heterocycles. The Hall–Kier alpha value is -1.56. The zero-order chi connectivity index (χ0) is 19.3. The number of benzene rings is 1. The lowest BCUT2D eigenvalue weighted by atomic mass is 9.96. The van der Waals surface area contributed by atoms with Crippen LogP contribution in [0.25, 0.3) is 0 Å². The van der Waals surface area contributed by atoms with E-state index in [1.54, 1.807) is 37.3 Å². The number of amides is 1. The highest BCUT2D eigenvalue weighted by molar-refractivity contribution is 7.86. The van der Waals surface area contributed by atoms with Crippen LogP contribution in [0.3, 0.4) is 0 Å².